The van der Waals surface area contributed by atoms with Crippen LogP contribution in [0.2, 0.25) is 0 Å². The molecule has 3 unspecified atom stereocenters. The van der Waals surface area contributed by atoms with Crippen LogP contribution in [0.25, 0.3) is 0 Å². The van der Waals surface area contributed by atoms with E-state index in [4.69, 9.17) is 5.41 Å². The Bertz CT molecular complexity index is 513. The summed E-state index contributed by atoms with van der Waals surface area (Å²) in [5.74, 6) is 0.523. The van der Waals surface area contributed by atoms with Crippen molar-refractivity contribution in [3.8, 4) is 0 Å². The minimum absolute atomic E-state index is 0. The van der Waals surface area contributed by atoms with Crippen molar-refractivity contribution in [2.45, 2.75) is 79.8 Å². The molecule has 1 saturated carbocycles. The van der Waals surface area contributed by atoms with Crippen LogP contribution in [0.3, 0.4) is 0 Å². The molecule has 4 nitrogen and oxygen atoms in total. The maximum absolute atomic E-state index is 13.0. The molecule has 0 bridgehead atoms. The molecule has 26 heavy (non-hydrogen) atoms. The summed E-state index contributed by atoms with van der Waals surface area (Å²) < 4.78 is 0. The molecule has 0 aromatic rings. The van der Waals surface area contributed by atoms with Gasteiger partial charge in [0.2, 0.25) is 0 Å². The van der Waals surface area contributed by atoms with Crippen LogP contribution < -0.4 is 0 Å². The van der Waals surface area contributed by atoms with Crippen molar-refractivity contribution in [2.75, 3.05) is 0 Å². The Hall–Kier alpha value is -0.602. The predicted molar refractivity (Wildman–Crippen MR) is 103 cm³/mol. The summed E-state index contributed by atoms with van der Waals surface area (Å²) in [5.41, 5.74) is 0.337. The van der Waals surface area contributed by atoms with Crippen LogP contribution in [0.4, 0.5) is 0 Å². The molecule has 5 heteroatoms. The number of allylic oxidation sites excluding steroid dienone is 2. The molecule has 0 radical (unpaired) electrons. The number of rotatable bonds is 9. The van der Waals surface area contributed by atoms with Gasteiger partial charge in [-0.1, -0.05) is 65.9 Å². The SMILES string of the molecule is CCC(C)/C(O)=C1/C(=N)C(CCC(C)C)[C-](C(O)CCC(C)C)C1=O.[Mo]. The van der Waals surface area contributed by atoms with E-state index in [2.05, 4.69) is 27.7 Å². The molecule has 0 heterocycles. The molecule has 0 aliphatic heterocycles. The number of hydrogen-bond donors (Lipinski definition) is 3. The molecule has 3 N–H and O–H groups in total. The Labute approximate surface area is 173 Å². The van der Waals surface area contributed by atoms with E-state index in [1.165, 1.54) is 0 Å². The van der Waals surface area contributed by atoms with Gasteiger partial charge >= 0.3 is 0 Å². The quantitative estimate of drug-likeness (QED) is 0.205. The molecular formula is C21H36MoNO3-. The first-order valence-corrected chi connectivity index (χ1v) is 9.73. The molecule has 0 aromatic heterocycles. The van der Waals surface area contributed by atoms with Gasteiger partial charge < -0.3 is 20.4 Å². The number of carbonyl (C=O) groups is 1. The van der Waals surface area contributed by atoms with Crippen molar-refractivity contribution in [3.63, 3.8) is 0 Å². The van der Waals surface area contributed by atoms with Crippen molar-refractivity contribution >= 4 is 11.5 Å². The van der Waals surface area contributed by atoms with Gasteiger partial charge in [0.05, 0.1) is 0 Å². The minimum atomic E-state index is -0.824. The molecule has 1 aliphatic carbocycles. The molecule has 1 fully saturated rings. The number of hydrogen-bond acceptors (Lipinski definition) is 4. The summed E-state index contributed by atoms with van der Waals surface area (Å²) in [5, 5.41) is 29.7. The third-order valence-electron chi connectivity index (χ3n) is 5.23. The molecule has 0 aromatic carbocycles. The average Bonchev–Trinajstić information content (AvgIpc) is 2.79. The number of ketones is 1. The smallest absolute Gasteiger partial charge is 0.0353 e. The van der Waals surface area contributed by atoms with Gasteiger partial charge in [0.1, 0.15) is 0 Å². The zero-order chi connectivity index (χ0) is 19.3. The molecule has 150 valence electrons. The van der Waals surface area contributed by atoms with Crippen LogP contribution in [0.15, 0.2) is 11.3 Å². The van der Waals surface area contributed by atoms with Crippen molar-refractivity contribution in [1.82, 2.24) is 0 Å². The maximum Gasteiger partial charge on any atom is 0.0353 e. The summed E-state index contributed by atoms with van der Waals surface area (Å²) in [6.45, 7) is 12.2. The van der Waals surface area contributed by atoms with E-state index >= 15 is 0 Å². The van der Waals surface area contributed by atoms with Gasteiger partial charge in [-0.05, 0) is 42.7 Å². The van der Waals surface area contributed by atoms with Crippen LogP contribution >= 0.6 is 0 Å². The Morgan fingerprint density at radius 2 is 1.65 bits per heavy atom. The van der Waals surface area contributed by atoms with Crippen LogP contribution in [-0.2, 0) is 25.9 Å². The Balaban J connectivity index is 0.00000625. The number of nitrogens with one attached hydrogen (secondary N) is 1. The van der Waals surface area contributed by atoms with Crippen LogP contribution in [0, 0.1) is 35.0 Å². The second kappa shape index (κ2) is 11.3. The number of aliphatic hydroxyl groups is 2. The molecule has 1 aliphatic rings. The number of Topliss-reactive ketones (excluding diaryl/α,β-unsaturated/α-hetero) is 1. The van der Waals surface area contributed by atoms with Gasteiger partial charge in [-0.15, -0.1) is 5.92 Å². The zero-order valence-corrected chi connectivity index (χ0v) is 19.1. The average molecular weight is 446 g/mol. The van der Waals surface area contributed by atoms with E-state index in [0.717, 1.165) is 12.8 Å². The summed E-state index contributed by atoms with van der Waals surface area (Å²) in [6, 6.07) is 0. The molecule has 0 amide bonds. The van der Waals surface area contributed by atoms with E-state index < -0.39 is 6.10 Å². The van der Waals surface area contributed by atoms with Gasteiger partial charge in [0.25, 0.3) is 0 Å². The fourth-order valence-electron chi connectivity index (χ4n) is 3.28. The first kappa shape index (κ1) is 25.4. The second-order valence-electron chi connectivity index (χ2n) is 8.28. The summed E-state index contributed by atoms with van der Waals surface area (Å²) in [6.07, 6.45) is 2.80. The molecule has 0 spiro atoms. The van der Waals surface area contributed by atoms with Crippen molar-refractivity contribution in [3.05, 3.63) is 17.3 Å². The summed E-state index contributed by atoms with van der Waals surface area (Å²) in [4.78, 5) is 13.0. The van der Waals surface area contributed by atoms with Gasteiger partial charge in [-0.2, -0.15) is 0 Å². The fourth-order valence-corrected chi connectivity index (χ4v) is 3.28. The van der Waals surface area contributed by atoms with Gasteiger partial charge in [0, 0.05) is 38.7 Å². The second-order valence-corrected chi connectivity index (χ2v) is 8.28. The fraction of sp³-hybridized carbons (Fsp3) is 0.762. The predicted octanol–water partition coefficient (Wildman–Crippen LogP) is 4.87. The van der Waals surface area contributed by atoms with E-state index in [0.29, 0.717) is 37.0 Å². The van der Waals surface area contributed by atoms with E-state index in [-0.39, 0.29) is 55.7 Å². The van der Waals surface area contributed by atoms with Crippen molar-refractivity contribution in [2.24, 2.45) is 23.7 Å². The molecule has 3 atom stereocenters. The Morgan fingerprint density at radius 3 is 2.12 bits per heavy atom. The minimum Gasteiger partial charge on any atom is -0.530 e. The number of aliphatic hydroxyl groups excluding tert-OH is 2. The van der Waals surface area contributed by atoms with Crippen molar-refractivity contribution in [1.29, 1.82) is 5.41 Å². The van der Waals surface area contributed by atoms with Gasteiger partial charge in [0.15, 0.2) is 0 Å². The Morgan fingerprint density at radius 1 is 1.12 bits per heavy atom. The first-order valence-electron chi connectivity index (χ1n) is 9.73. The third kappa shape index (κ3) is 6.23. The monoisotopic (exact) mass is 448 g/mol. The maximum atomic E-state index is 13.0. The van der Waals surface area contributed by atoms with Crippen LogP contribution in [-0.4, -0.2) is 27.8 Å². The van der Waals surface area contributed by atoms with E-state index in [9.17, 15) is 15.0 Å². The van der Waals surface area contributed by atoms with Gasteiger partial charge in [-0.3, -0.25) is 0 Å². The normalized spacial score (nSPS) is 22.0. The summed E-state index contributed by atoms with van der Waals surface area (Å²) in [7, 11) is 0. The third-order valence-corrected chi connectivity index (χ3v) is 5.23. The van der Waals surface area contributed by atoms with Crippen molar-refractivity contribution < 1.29 is 36.1 Å². The zero-order valence-electron chi connectivity index (χ0n) is 17.1. The standard InChI is InChI=1S/C21H36NO3.Mo/c1-7-14(6)20(24)18-19(22)15(10-8-12(2)3)17(21(18)25)16(23)11-9-13(4)5;/h12-16,22-24H,7-11H2,1-6H3;/q-1;/b20-18+,22-19?;. The number of carbonyl (C=O) groups excluding carboxylic acids is 1. The van der Waals surface area contributed by atoms with E-state index in [1.807, 2.05) is 13.8 Å². The largest absolute Gasteiger partial charge is 0.530 e. The van der Waals surface area contributed by atoms with E-state index in [1.54, 1.807) is 0 Å². The van der Waals surface area contributed by atoms with Gasteiger partial charge in [-0.25, -0.2) is 0 Å². The summed E-state index contributed by atoms with van der Waals surface area (Å²) >= 11 is 0. The van der Waals surface area contributed by atoms with Crippen LogP contribution in [0.5, 0.6) is 0 Å². The topological polar surface area (TPSA) is 81.4 Å². The van der Waals surface area contributed by atoms with Crippen LogP contribution in [0.1, 0.15) is 73.6 Å². The molecular weight excluding hydrogens is 410 g/mol. The molecule has 1 rings (SSSR count). The first-order chi connectivity index (χ1) is 11.6. The Kier molecular flexibility index (Phi) is 11.0. The molecule has 0 saturated heterocycles.